The van der Waals surface area contributed by atoms with E-state index in [2.05, 4.69) is 6.92 Å². The van der Waals surface area contributed by atoms with E-state index in [-0.39, 0.29) is 41.2 Å². The molecule has 0 aromatic rings. The van der Waals surface area contributed by atoms with Gasteiger partial charge in [0.1, 0.15) is 0 Å². The summed E-state index contributed by atoms with van der Waals surface area (Å²) in [6.45, 7) is 2.40. The molecule has 0 saturated carbocycles. The maximum Gasteiger partial charge on any atom is 0 e. The molecule has 0 amide bonds. The minimum absolute atomic E-state index is 0. The van der Waals surface area contributed by atoms with Gasteiger partial charge in [0.15, 0.2) is 0 Å². The third-order valence-corrected chi connectivity index (χ3v) is 0.512. The molecule has 0 spiro atoms. The number of hydrogen-bond donors (Lipinski definition) is 1. The van der Waals surface area contributed by atoms with Gasteiger partial charge in [-0.2, -0.15) is 0 Å². The fourth-order valence-corrected chi connectivity index (χ4v) is 0.158. The largest absolute Gasteiger partial charge is 0 e. The Morgan fingerprint density at radius 3 is 1.86 bits per heavy atom. The van der Waals surface area contributed by atoms with Gasteiger partial charge >= 0.3 is 18.9 Å². The predicted octanol–water partition coefficient (Wildman–Crippen LogP) is 0.128. The molecular weight excluding hydrogens is 164 g/mol. The van der Waals surface area contributed by atoms with Crippen molar-refractivity contribution in [2.24, 2.45) is 0 Å². The topological polar surface area (TPSA) is 20.2 Å². The van der Waals surface area contributed by atoms with Gasteiger partial charge in [-0.15, -0.1) is 0 Å². The third kappa shape index (κ3) is 18.8. The van der Waals surface area contributed by atoms with Crippen LogP contribution < -0.4 is 0 Å². The summed E-state index contributed by atoms with van der Waals surface area (Å²) in [4.78, 5) is 0. The normalized spacial score (nSPS) is 6.00. The first-order chi connectivity index (χ1) is 2.41. The second kappa shape index (κ2) is 15.7. The fraction of sp³-hybridized carbons (Fsp3) is 1.00. The van der Waals surface area contributed by atoms with E-state index in [1.54, 1.807) is 0 Å². The molecule has 0 rings (SSSR count). The minimum atomic E-state index is 0. The van der Waals surface area contributed by atoms with Crippen LogP contribution in [0.15, 0.2) is 0 Å². The van der Waals surface area contributed by atoms with Gasteiger partial charge < -0.3 is 5.11 Å². The van der Waals surface area contributed by atoms with Crippen molar-refractivity contribution >= 4 is 18.9 Å². The monoisotopic (exact) mass is 175 g/mol. The fourth-order valence-electron chi connectivity index (χ4n) is 0.158. The van der Waals surface area contributed by atoms with Gasteiger partial charge in [0.05, 0.1) is 0 Å². The SMILES string of the molecule is CCCCO.[LiH].[Nb]. The van der Waals surface area contributed by atoms with E-state index in [0.717, 1.165) is 12.8 Å². The summed E-state index contributed by atoms with van der Waals surface area (Å²) in [6.07, 6.45) is 2.04. The summed E-state index contributed by atoms with van der Waals surface area (Å²) in [6, 6.07) is 0. The van der Waals surface area contributed by atoms with Gasteiger partial charge in [-0.25, -0.2) is 0 Å². The summed E-state index contributed by atoms with van der Waals surface area (Å²) >= 11 is 0. The van der Waals surface area contributed by atoms with E-state index >= 15 is 0 Å². The number of rotatable bonds is 2. The molecule has 0 aliphatic heterocycles. The molecule has 0 aromatic carbocycles. The molecule has 1 nitrogen and oxygen atoms in total. The summed E-state index contributed by atoms with van der Waals surface area (Å²) in [5.41, 5.74) is 0. The molecule has 0 fully saturated rings. The molecular formula is C4H11LiNbO. The van der Waals surface area contributed by atoms with E-state index in [1.807, 2.05) is 0 Å². The van der Waals surface area contributed by atoms with Crippen LogP contribution in [0.1, 0.15) is 19.8 Å². The summed E-state index contributed by atoms with van der Waals surface area (Å²) in [7, 11) is 0. The molecule has 3 heteroatoms. The van der Waals surface area contributed by atoms with Crippen molar-refractivity contribution < 1.29 is 27.5 Å². The van der Waals surface area contributed by atoms with E-state index in [4.69, 9.17) is 5.11 Å². The van der Waals surface area contributed by atoms with Crippen molar-refractivity contribution in [2.75, 3.05) is 6.61 Å². The quantitative estimate of drug-likeness (QED) is 0.591. The first kappa shape index (κ1) is 15.7. The average Bonchev–Trinajstić information content (AvgIpc) is 1.41. The van der Waals surface area contributed by atoms with Gasteiger partial charge in [0.2, 0.25) is 0 Å². The van der Waals surface area contributed by atoms with Gasteiger partial charge in [-0.05, 0) is 6.42 Å². The number of unbranched alkanes of at least 4 members (excludes halogenated alkanes) is 1. The Bertz CT molecular complexity index is 19.2. The van der Waals surface area contributed by atoms with E-state index in [0.29, 0.717) is 6.61 Å². The van der Waals surface area contributed by atoms with Crippen molar-refractivity contribution in [1.29, 1.82) is 0 Å². The van der Waals surface area contributed by atoms with Crippen LogP contribution >= 0.6 is 0 Å². The Balaban J connectivity index is -0.0000000800. The van der Waals surface area contributed by atoms with Crippen molar-refractivity contribution in [1.82, 2.24) is 0 Å². The zero-order valence-electron chi connectivity index (χ0n) is 4.02. The van der Waals surface area contributed by atoms with Crippen LogP contribution in [0.3, 0.4) is 0 Å². The molecule has 7 heavy (non-hydrogen) atoms. The maximum absolute atomic E-state index is 8.07. The van der Waals surface area contributed by atoms with Gasteiger partial charge in [-0.1, -0.05) is 13.3 Å². The first-order valence-electron chi connectivity index (χ1n) is 2.02. The first-order valence-corrected chi connectivity index (χ1v) is 2.02. The Labute approximate surface area is 72.6 Å². The van der Waals surface area contributed by atoms with Crippen molar-refractivity contribution in [3.63, 3.8) is 0 Å². The summed E-state index contributed by atoms with van der Waals surface area (Å²) < 4.78 is 0. The standard InChI is InChI=1S/C4H10O.Li.Nb.H/c1-2-3-4-5;;;/h5H,2-4H2,1H3;;;. The second-order valence-corrected chi connectivity index (χ2v) is 1.08. The molecule has 0 unspecified atom stereocenters. The number of hydrogen-bond acceptors (Lipinski definition) is 1. The van der Waals surface area contributed by atoms with Crippen molar-refractivity contribution in [3.8, 4) is 0 Å². The molecule has 0 heterocycles. The molecule has 39 valence electrons. The zero-order valence-corrected chi connectivity index (χ0v) is 6.21. The van der Waals surface area contributed by atoms with Crippen molar-refractivity contribution in [3.05, 3.63) is 0 Å². The van der Waals surface area contributed by atoms with E-state index < -0.39 is 0 Å². The van der Waals surface area contributed by atoms with Crippen LogP contribution in [-0.2, 0) is 22.4 Å². The van der Waals surface area contributed by atoms with Gasteiger partial charge in [0, 0.05) is 29.0 Å². The van der Waals surface area contributed by atoms with Crippen LogP contribution in [0.5, 0.6) is 0 Å². The van der Waals surface area contributed by atoms with Crippen LogP contribution in [0.25, 0.3) is 0 Å². The molecule has 0 aliphatic rings. The summed E-state index contributed by atoms with van der Waals surface area (Å²) in [5.74, 6) is 0. The predicted molar refractivity (Wildman–Crippen MR) is 29.1 cm³/mol. The Morgan fingerprint density at radius 2 is 1.86 bits per heavy atom. The molecule has 1 radical (unpaired) electrons. The van der Waals surface area contributed by atoms with Crippen LogP contribution in [0.2, 0.25) is 0 Å². The molecule has 0 atom stereocenters. The molecule has 0 saturated heterocycles. The molecule has 0 bridgehead atoms. The Morgan fingerprint density at radius 1 is 1.43 bits per heavy atom. The molecule has 0 aliphatic carbocycles. The van der Waals surface area contributed by atoms with Gasteiger partial charge in [0.25, 0.3) is 0 Å². The zero-order chi connectivity index (χ0) is 4.12. The van der Waals surface area contributed by atoms with E-state index in [9.17, 15) is 0 Å². The smallest absolute Gasteiger partial charge is 0 e. The molecule has 1 N–H and O–H groups in total. The van der Waals surface area contributed by atoms with Crippen LogP contribution in [0.4, 0.5) is 0 Å². The third-order valence-electron chi connectivity index (χ3n) is 0.512. The number of aliphatic hydroxyl groups excluding tert-OH is 1. The Hall–Kier alpha value is 1.30. The Kier molecular flexibility index (Phi) is 35.2. The van der Waals surface area contributed by atoms with Crippen molar-refractivity contribution in [2.45, 2.75) is 19.8 Å². The van der Waals surface area contributed by atoms with E-state index in [1.165, 1.54) is 0 Å². The van der Waals surface area contributed by atoms with Crippen LogP contribution in [-0.4, -0.2) is 30.6 Å². The summed E-state index contributed by atoms with van der Waals surface area (Å²) in [5, 5.41) is 8.07. The van der Waals surface area contributed by atoms with Gasteiger partial charge in [-0.3, -0.25) is 0 Å². The number of aliphatic hydroxyl groups is 1. The average molecular weight is 175 g/mol. The minimum Gasteiger partial charge on any atom is 0 e. The molecule has 0 aromatic heterocycles. The van der Waals surface area contributed by atoms with Crippen LogP contribution in [0, 0.1) is 0 Å². The second-order valence-electron chi connectivity index (χ2n) is 1.08. The maximum atomic E-state index is 8.07.